The van der Waals surface area contributed by atoms with E-state index in [2.05, 4.69) is 10.3 Å². The summed E-state index contributed by atoms with van der Waals surface area (Å²) in [4.78, 5) is 16.5. The Labute approximate surface area is 146 Å². The zero-order valence-corrected chi connectivity index (χ0v) is 14.3. The van der Waals surface area contributed by atoms with Crippen LogP contribution in [-0.4, -0.2) is 21.3 Å². The second kappa shape index (κ2) is 7.36. The second-order valence-electron chi connectivity index (χ2n) is 6.15. The number of aromatic nitrogens is 2. The third kappa shape index (κ3) is 4.16. The molecular weight excluding hydrogens is 316 g/mol. The fourth-order valence-corrected chi connectivity index (χ4v) is 2.34. The molecule has 2 heterocycles. The zero-order valence-electron chi connectivity index (χ0n) is 14.3. The lowest BCUT2D eigenvalue weighted by Gasteiger charge is -2.15. The minimum Gasteiger partial charge on any atom is -0.487 e. The molecule has 130 valence electrons. The molecule has 2 aromatic heterocycles. The predicted octanol–water partition coefficient (Wildman–Crippen LogP) is 2.84. The molecule has 2 unspecified atom stereocenters. The fourth-order valence-electron chi connectivity index (χ4n) is 2.34. The van der Waals surface area contributed by atoms with Crippen LogP contribution in [0.2, 0.25) is 0 Å². The highest BCUT2D eigenvalue weighted by molar-refractivity contribution is 5.92. The Morgan fingerprint density at radius 2 is 2.00 bits per heavy atom. The average molecular weight is 338 g/mol. The van der Waals surface area contributed by atoms with Crippen molar-refractivity contribution in [3.8, 4) is 5.75 Å². The number of imidazole rings is 1. The molecule has 6 nitrogen and oxygen atoms in total. The Balaban J connectivity index is 1.58. The number of nitrogens with two attached hydrogens (primary N) is 1. The Kier molecular flexibility index (Phi) is 5.00. The monoisotopic (exact) mass is 338 g/mol. The number of benzene rings is 1. The van der Waals surface area contributed by atoms with E-state index in [1.165, 1.54) is 0 Å². The SMILES string of the molecule is CC(N)C(C)C(=O)Nc1ccc(OCc2cn3ccccc3n2)cc1. The summed E-state index contributed by atoms with van der Waals surface area (Å²) in [5.74, 6) is 0.384. The number of anilines is 1. The van der Waals surface area contributed by atoms with Crippen molar-refractivity contribution in [3.63, 3.8) is 0 Å². The van der Waals surface area contributed by atoms with E-state index >= 15 is 0 Å². The van der Waals surface area contributed by atoms with E-state index in [0.29, 0.717) is 6.61 Å². The van der Waals surface area contributed by atoms with Crippen LogP contribution < -0.4 is 15.8 Å². The molecule has 0 saturated carbocycles. The van der Waals surface area contributed by atoms with Crippen molar-refractivity contribution in [3.05, 3.63) is 60.6 Å². The molecule has 3 N–H and O–H groups in total. The molecular formula is C19H22N4O2. The number of rotatable bonds is 6. The first kappa shape index (κ1) is 17.0. The smallest absolute Gasteiger partial charge is 0.228 e. The van der Waals surface area contributed by atoms with Gasteiger partial charge < -0.3 is 20.2 Å². The summed E-state index contributed by atoms with van der Waals surface area (Å²) in [7, 11) is 0. The number of nitrogens with one attached hydrogen (secondary N) is 1. The summed E-state index contributed by atoms with van der Waals surface area (Å²) in [6.07, 6.45) is 3.89. The molecule has 0 saturated heterocycles. The Morgan fingerprint density at radius 3 is 2.68 bits per heavy atom. The van der Waals surface area contributed by atoms with Gasteiger partial charge in [0, 0.05) is 24.1 Å². The number of ether oxygens (including phenoxy) is 1. The molecule has 3 rings (SSSR count). The van der Waals surface area contributed by atoms with Gasteiger partial charge in [0.15, 0.2) is 0 Å². The summed E-state index contributed by atoms with van der Waals surface area (Å²) >= 11 is 0. The van der Waals surface area contributed by atoms with Gasteiger partial charge in [0.2, 0.25) is 5.91 Å². The van der Waals surface area contributed by atoms with Crippen molar-refractivity contribution in [2.24, 2.45) is 11.7 Å². The van der Waals surface area contributed by atoms with Crippen LogP contribution in [0.3, 0.4) is 0 Å². The Morgan fingerprint density at radius 1 is 1.24 bits per heavy atom. The number of nitrogens with zero attached hydrogens (tertiary/aromatic N) is 2. The number of carbonyl (C=O) groups is 1. The number of pyridine rings is 1. The summed E-state index contributed by atoms with van der Waals surface area (Å²) in [5.41, 5.74) is 8.22. The van der Waals surface area contributed by atoms with Gasteiger partial charge in [0.25, 0.3) is 0 Å². The standard InChI is InChI=1S/C19H22N4O2/c1-13(14(2)20)19(24)22-15-6-8-17(9-7-15)25-12-16-11-23-10-4-3-5-18(23)21-16/h3-11,13-14H,12,20H2,1-2H3,(H,22,24). The van der Waals surface area contributed by atoms with Crippen molar-refractivity contribution < 1.29 is 9.53 Å². The first-order chi connectivity index (χ1) is 12.0. The molecule has 6 heteroatoms. The molecule has 25 heavy (non-hydrogen) atoms. The van der Waals surface area contributed by atoms with Crippen molar-refractivity contribution in [1.29, 1.82) is 0 Å². The highest BCUT2D eigenvalue weighted by Crippen LogP contribution is 2.18. The first-order valence-electron chi connectivity index (χ1n) is 8.25. The maximum absolute atomic E-state index is 12.0. The zero-order chi connectivity index (χ0) is 17.8. The van der Waals surface area contributed by atoms with Gasteiger partial charge in [-0.2, -0.15) is 0 Å². The molecule has 2 atom stereocenters. The minimum absolute atomic E-state index is 0.0895. The lowest BCUT2D eigenvalue weighted by molar-refractivity contribution is -0.119. The van der Waals surface area contributed by atoms with Crippen molar-refractivity contribution in [2.45, 2.75) is 26.5 Å². The number of hydrogen-bond acceptors (Lipinski definition) is 4. The van der Waals surface area contributed by atoms with Crippen LogP contribution >= 0.6 is 0 Å². The van der Waals surface area contributed by atoms with Crippen molar-refractivity contribution in [2.75, 3.05) is 5.32 Å². The van der Waals surface area contributed by atoms with Gasteiger partial charge in [0.05, 0.1) is 11.6 Å². The van der Waals surface area contributed by atoms with E-state index in [1.54, 1.807) is 0 Å². The van der Waals surface area contributed by atoms with Gasteiger partial charge in [-0.15, -0.1) is 0 Å². The molecule has 0 radical (unpaired) electrons. The van der Waals surface area contributed by atoms with Crippen LogP contribution in [0.25, 0.3) is 5.65 Å². The van der Waals surface area contributed by atoms with Gasteiger partial charge in [-0.25, -0.2) is 4.98 Å². The maximum Gasteiger partial charge on any atom is 0.228 e. The van der Waals surface area contributed by atoms with Crippen LogP contribution in [0, 0.1) is 5.92 Å². The molecule has 0 fully saturated rings. The molecule has 0 aliphatic heterocycles. The highest BCUT2D eigenvalue weighted by Gasteiger charge is 2.16. The minimum atomic E-state index is -0.244. The van der Waals surface area contributed by atoms with E-state index in [1.807, 2.05) is 73.1 Å². The van der Waals surface area contributed by atoms with E-state index in [4.69, 9.17) is 10.5 Å². The van der Waals surface area contributed by atoms with E-state index in [9.17, 15) is 4.79 Å². The largest absolute Gasteiger partial charge is 0.487 e. The van der Waals surface area contributed by atoms with E-state index in [-0.39, 0.29) is 17.9 Å². The number of fused-ring (bicyclic) bond motifs is 1. The second-order valence-corrected chi connectivity index (χ2v) is 6.15. The van der Waals surface area contributed by atoms with E-state index < -0.39 is 0 Å². The molecule has 3 aromatic rings. The molecule has 1 amide bonds. The summed E-state index contributed by atoms with van der Waals surface area (Å²) in [6.45, 7) is 4.02. The lowest BCUT2D eigenvalue weighted by atomic mass is 10.0. The molecule has 0 aliphatic carbocycles. The number of carbonyl (C=O) groups excluding carboxylic acids is 1. The summed E-state index contributed by atoms with van der Waals surface area (Å²) < 4.78 is 7.71. The van der Waals surface area contributed by atoms with Crippen molar-refractivity contribution >= 4 is 17.2 Å². The Bertz CT molecular complexity index is 822. The summed E-state index contributed by atoms with van der Waals surface area (Å²) in [5, 5.41) is 2.85. The summed E-state index contributed by atoms with van der Waals surface area (Å²) in [6, 6.07) is 12.9. The predicted molar refractivity (Wildman–Crippen MR) is 97.4 cm³/mol. The molecule has 0 aliphatic rings. The van der Waals surface area contributed by atoms with Gasteiger partial charge in [0.1, 0.15) is 18.0 Å². The van der Waals surface area contributed by atoms with Crippen LogP contribution in [0.1, 0.15) is 19.5 Å². The third-order valence-corrected chi connectivity index (χ3v) is 4.12. The number of hydrogen-bond donors (Lipinski definition) is 2. The molecule has 1 aromatic carbocycles. The Hall–Kier alpha value is -2.86. The topological polar surface area (TPSA) is 81.7 Å². The lowest BCUT2D eigenvalue weighted by Crippen LogP contribution is -2.34. The van der Waals surface area contributed by atoms with E-state index in [0.717, 1.165) is 22.8 Å². The fraction of sp³-hybridized carbons (Fsp3) is 0.263. The number of amides is 1. The highest BCUT2D eigenvalue weighted by atomic mass is 16.5. The van der Waals surface area contributed by atoms with Gasteiger partial charge in [-0.3, -0.25) is 4.79 Å². The molecule has 0 bridgehead atoms. The van der Waals surface area contributed by atoms with Crippen molar-refractivity contribution in [1.82, 2.24) is 9.38 Å². The van der Waals surface area contributed by atoms with Gasteiger partial charge in [-0.05, 0) is 43.3 Å². The van der Waals surface area contributed by atoms with Gasteiger partial charge >= 0.3 is 0 Å². The van der Waals surface area contributed by atoms with Crippen LogP contribution in [0.15, 0.2) is 54.9 Å². The van der Waals surface area contributed by atoms with Crippen LogP contribution in [0.5, 0.6) is 5.75 Å². The van der Waals surface area contributed by atoms with Crippen LogP contribution in [-0.2, 0) is 11.4 Å². The quantitative estimate of drug-likeness (QED) is 0.724. The average Bonchev–Trinajstić information content (AvgIpc) is 3.03. The first-order valence-corrected chi connectivity index (χ1v) is 8.25. The van der Waals surface area contributed by atoms with Gasteiger partial charge in [-0.1, -0.05) is 13.0 Å². The maximum atomic E-state index is 12.0. The normalized spacial score (nSPS) is 13.4. The van der Waals surface area contributed by atoms with Crippen LogP contribution in [0.4, 0.5) is 5.69 Å². The third-order valence-electron chi connectivity index (χ3n) is 4.12. The molecule has 0 spiro atoms.